The lowest BCUT2D eigenvalue weighted by Gasteiger charge is -2.14. The van der Waals surface area contributed by atoms with Gasteiger partial charge in [0.25, 0.3) is 0 Å². The Kier molecular flexibility index (Phi) is 4.98. The highest BCUT2D eigenvalue weighted by atomic mass is 16.5. The summed E-state index contributed by atoms with van der Waals surface area (Å²) in [6, 6.07) is 0.390. The van der Waals surface area contributed by atoms with Gasteiger partial charge in [0.2, 0.25) is 11.9 Å². The van der Waals surface area contributed by atoms with Crippen LogP contribution in [0.4, 0.5) is 11.9 Å². The Morgan fingerprint density at radius 1 is 1.05 bits per heavy atom. The summed E-state index contributed by atoms with van der Waals surface area (Å²) in [6.45, 7) is 8.63. The number of hydrogen-bond acceptors (Lipinski definition) is 6. The molecule has 1 aliphatic carbocycles. The number of hydrogen-bond donors (Lipinski definition) is 2. The largest absolute Gasteiger partial charge is 0.463 e. The minimum atomic E-state index is 0.390. The summed E-state index contributed by atoms with van der Waals surface area (Å²) in [5.74, 6) is 1.17. The Morgan fingerprint density at radius 3 is 2.30 bits per heavy atom. The topological polar surface area (TPSA) is 72.0 Å². The van der Waals surface area contributed by atoms with Crippen molar-refractivity contribution >= 4 is 11.9 Å². The van der Waals surface area contributed by atoms with E-state index in [9.17, 15) is 0 Å². The smallest absolute Gasteiger partial charge is 0.323 e. The Labute approximate surface area is 120 Å². The molecule has 1 aromatic rings. The number of nitrogens with one attached hydrogen (secondary N) is 2. The fourth-order valence-electron chi connectivity index (χ4n) is 2.03. The minimum Gasteiger partial charge on any atom is -0.463 e. The second-order valence-corrected chi connectivity index (χ2v) is 5.35. The number of aromatic nitrogens is 3. The van der Waals surface area contributed by atoms with Gasteiger partial charge in [-0.15, -0.1) is 0 Å². The minimum absolute atomic E-state index is 0.390. The molecule has 1 aliphatic rings. The molecule has 0 spiro atoms. The molecule has 2 rings (SSSR count). The van der Waals surface area contributed by atoms with Gasteiger partial charge in [0, 0.05) is 13.1 Å². The van der Waals surface area contributed by atoms with Crippen LogP contribution in [0.25, 0.3) is 0 Å². The van der Waals surface area contributed by atoms with Gasteiger partial charge in [0.15, 0.2) is 0 Å². The number of ether oxygens (including phenoxy) is 1. The molecule has 6 nitrogen and oxygen atoms in total. The lowest BCUT2D eigenvalue weighted by molar-refractivity contribution is 0.292. The van der Waals surface area contributed by atoms with Crippen LogP contribution in [-0.2, 0) is 0 Å². The Bertz CT molecular complexity index is 434. The molecule has 1 heterocycles. The molecule has 0 atom stereocenters. The van der Waals surface area contributed by atoms with Crippen LogP contribution in [0.2, 0.25) is 0 Å². The van der Waals surface area contributed by atoms with Gasteiger partial charge in [-0.25, -0.2) is 0 Å². The molecule has 2 N–H and O–H groups in total. The SMILES string of the molecule is CCCOc1nc(NCC)nc(NCC2(CC)CC2)n1. The average Bonchev–Trinajstić information content (AvgIpc) is 3.24. The third-order valence-electron chi connectivity index (χ3n) is 3.71. The molecule has 20 heavy (non-hydrogen) atoms. The van der Waals surface area contributed by atoms with Crippen molar-refractivity contribution < 1.29 is 4.74 Å². The monoisotopic (exact) mass is 279 g/mol. The fourth-order valence-corrected chi connectivity index (χ4v) is 2.03. The molecular formula is C14H25N5O. The van der Waals surface area contributed by atoms with Crippen LogP contribution in [0.5, 0.6) is 6.01 Å². The molecule has 0 aliphatic heterocycles. The average molecular weight is 279 g/mol. The van der Waals surface area contributed by atoms with Gasteiger partial charge in [-0.05, 0) is 38.0 Å². The third-order valence-corrected chi connectivity index (χ3v) is 3.71. The first-order valence-corrected chi connectivity index (χ1v) is 7.58. The normalized spacial score (nSPS) is 15.8. The summed E-state index contributed by atoms with van der Waals surface area (Å²) in [4.78, 5) is 12.9. The van der Waals surface area contributed by atoms with Gasteiger partial charge in [-0.1, -0.05) is 13.8 Å². The maximum atomic E-state index is 5.51. The molecule has 6 heteroatoms. The van der Waals surface area contributed by atoms with Crippen LogP contribution in [0.15, 0.2) is 0 Å². The van der Waals surface area contributed by atoms with Gasteiger partial charge in [0.1, 0.15) is 0 Å². The summed E-state index contributed by atoms with van der Waals surface area (Å²) in [5, 5.41) is 6.44. The maximum Gasteiger partial charge on any atom is 0.323 e. The van der Waals surface area contributed by atoms with Crippen molar-refractivity contribution in [3.8, 4) is 6.01 Å². The standard InChI is InChI=1S/C14H25N5O/c1-4-9-20-13-18-11(15-6-3)17-12(19-13)16-10-14(5-2)7-8-14/h4-10H2,1-3H3,(H2,15,16,17,18,19). The van der Waals surface area contributed by atoms with E-state index < -0.39 is 0 Å². The molecule has 0 unspecified atom stereocenters. The van der Waals surface area contributed by atoms with Gasteiger partial charge >= 0.3 is 6.01 Å². The van der Waals surface area contributed by atoms with Crippen molar-refractivity contribution in [2.45, 2.75) is 46.5 Å². The van der Waals surface area contributed by atoms with E-state index in [1.807, 2.05) is 6.92 Å². The number of anilines is 2. The van der Waals surface area contributed by atoms with E-state index in [0.29, 0.717) is 29.9 Å². The molecule has 0 saturated heterocycles. The van der Waals surface area contributed by atoms with Crippen molar-refractivity contribution in [2.24, 2.45) is 5.41 Å². The second kappa shape index (κ2) is 6.72. The molecule has 0 radical (unpaired) electrons. The molecule has 0 amide bonds. The number of rotatable bonds is 9. The van der Waals surface area contributed by atoms with Crippen LogP contribution in [-0.4, -0.2) is 34.6 Å². The van der Waals surface area contributed by atoms with Crippen LogP contribution in [0.3, 0.4) is 0 Å². The Hall–Kier alpha value is -1.59. The van der Waals surface area contributed by atoms with Crippen molar-refractivity contribution in [2.75, 3.05) is 30.3 Å². The number of nitrogens with zero attached hydrogens (tertiary/aromatic N) is 3. The predicted molar refractivity (Wildman–Crippen MR) is 80.2 cm³/mol. The molecular weight excluding hydrogens is 254 g/mol. The van der Waals surface area contributed by atoms with Crippen molar-refractivity contribution in [1.82, 2.24) is 15.0 Å². The lowest BCUT2D eigenvalue weighted by atomic mass is 10.0. The molecule has 1 saturated carbocycles. The molecule has 112 valence electrons. The van der Waals surface area contributed by atoms with Gasteiger partial charge < -0.3 is 15.4 Å². The molecule has 0 aromatic carbocycles. The Balaban J connectivity index is 2.03. The lowest BCUT2D eigenvalue weighted by Crippen LogP contribution is -2.17. The zero-order valence-electron chi connectivity index (χ0n) is 12.7. The van der Waals surface area contributed by atoms with Gasteiger partial charge in [0.05, 0.1) is 6.61 Å². The predicted octanol–water partition coefficient (Wildman–Crippen LogP) is 2.69. The highest BCUT2D eigenvalue weighted by Crippen LogP contribution is 2.48. The van der Waals surface area contributed by atoms with Crippen LogP contribution < -0.4 is 15.4 Å². The summed E-state index contributed by atoms with van der Waals surface area (Å²) >= 11 is 0. The van der Waals surface area contributed by atoms with Gasteiger partial charge in [-0.2, -0.15) is 15.0 Å². The van der Waals surface area contributed by atoms with E-state index >= 15 is 0 Å². The van der Waals surface area contributed by atoms with Gasteiger partial charge in [-0.3, -0.25) is 0 Å². The molecule has 1 fully saturated rings. The molecule has 0 bridgehead atoms. The zero-order valence-corrected chi connectivity index (χ0v) is 12.7. The summed E-state index contributed by atoms with van der Waals surface area (Å²) in [7, 11) is 0. The summed E-state index contributed by atoms with van der Waals surface area (Å²) < 4.78 is 5.51. The van der Waals surface area contributed by atoms with Crippen molar-refractivity contribution in [3.63, 3.8) is 0 Å². The van der Waals surface area contributed by atoms with Crippen LogP contribution in [0.1, 0.15) is 46.5 Å². The van der Waals surface area contributed by atoms with E-state index in [-0.39, 0.29) is 0 Å². The highest BCUT2D eigenvalue weighted by Gasteiger charge is 2.40. The molecule has 1 aromatic heterocycles. The van der Waals surface area contributed by atoms with Crippen molar-refractivity contribution in [3.05, 3.63) is 0 Å². The van der Waals surface area contributed by atoms with E-state index in [0.717, 1.165) is 19.5 Å². The first-order chi connectivity index (χ1) is 9.71. The van der Waals surface area contributed by atoms with Crippen LogP contribution in [0, 0.1) is 5.41 Å². The second-order valence-electron chi connectivity index (χ2n) is 5.35. The van der Waals surface area contributed by atoms with E-state index in [1.165, 1.54) is 19.3 Å². The van der Waals surface area contributed by atoms with Crippen molar-refractivity contribution in [1.29, 1.82) is 0 Å². The zero-order chi connectivity index (χ0) is 14.4. The quantitative estimate of drug-likeness (QED) is 0.724. The highest BCUT2D eigenvalue weighted by molar-refractivity contribution is 5.36. The third kappa shape index (κ3) is 3.95. The van der Waals surface area contributed by atoms with E-state index in [1.54, 1.807) is 0 Å². The summed E-state index contributed by atoms with van der Waals surface area (Å²) in [6.07, 6.45) is 4.72. The van der Waals surface area contributed by atoms with E-state index in [4.69, 9.17) is 4.74 Å². The van der Waals surface area contributed by atoms with E-state index in [2.05, 4.69) is 39.4 Å². The maximum absolute atomic E-state index is 5.51. The van der Waals surface area contributed by atoms with Crippen LogP contribution >= 0.6 is 0 Å². The summed E-state index contributed by atoms with van der Waals surface area (Å²) in [5.41, 5.74) is 0.454. The first kappa shape index (κ1) is 14.8. The first-order valence-electron chi connectivity index (χ1n) is 7.58. The Morgan fingerprint density at radius 2 is 1.75 bits per heavy atom. The fraction of sp³-hybridized carbons (Fsp3) is 0.786.